The van der Waals surface area contributed by atoms with Gasteiger partial charge in [-0.15, -0.1) is 0 Å². The van der Waals surface area contributed by atoms with Crippen LogP contribution < -0.4 is 11.3 Å². The van der Waals surface area contributed by atoms with Crippen molar-refractivity contribution in [1.82, 2.24) is 9.97 Å². The maximum atomic E-state index is 11.4. The van der Waals surface area contributed by atoms with Crippen molar-refractivity contribution >= 4 is 16.9 Å². The van der Waals surface area contributed by atoms with Crippen LogP contribution in [0.1, 0.15) is 18.9 Å². The zero-order valence-electron chi connectivity index (χ0n) is 8.58. The van der Waals surface area contributed by atoms with Crippen LogP contribution >= 0.6 is 0 Å². The Bertz CT molecular complexity index is 545. The molecule has 15 heavy (non-hydrogen) atoms. The van der Waals surface area contributed by atoms with Gasteiger partial charge < -0.3 is 10.7 Å². The van der Waals surface area contributed by atoms with Gasteiger partial charge in [0.1, 0.15) is 11.5 Å². The monoisotopic (exact) mass is 203 g/mol. The van der Waals surface area contributed by atoms with Gasteiger partial charge in [0.25, 0.3) is 0 Å². The van der Waals surface area contributed by atoms with E-state index in [9.17, 15) is 4.79 Å². The smallest absolute Gasteiger partial charge is 0.249 e. The second kappa shape index (κ2) is 3.73. The number of hydrogen-bond acceptors (Lipinski definition) is 3. The van der Waals surface area contributed by atoms with Crippen LogP contribution in [0.5, 0.6) is 0 Å². The Morgan fingerprint density at radius 2 is 2.27 bits per heavy atom. The lowest BCUT2D eigenvalue weighted by atomic mass is 10.1. The largest absolute Gasteiger partial charge is 0.384 e. The van der Waals surface area contributed by atoms with Crippen LogP contribution in [0.3, 0.4) is 0 Å². The number of rotatable bonds is 2. The molecule has 0 unspecified atom stereocenters. The third-order valence-electron chi connectivity index (χ3n) is 2.33. The van der Waals surface area contributed by atoms with Gasteiger partial charge >= 0.3 is 0 Å². The molecule has 4 heteroatoms. The van der Waals surface area contributed by atoms with E-state index in [0.29, 0.717) is 11.5 Å². The van der Waals surface area contributed by atoms with Crippen molar-refractivity contribution < 1.29 is 0 Å². The van der Waals surface area contributed by atoms with E-state index < -0.39 is 0 Å². The lowest BCUT2D eigenvalue weighted by molar-refractivity contribution is 0.924. The molecule has 3 N–H and O–H groups in total. The number of nitrogens with one attached hydrogen (secondary N) is 1. The molecule has 2 rings (SSSR count). The quantitative estimate of drug-likeness (QED) is 0.776. The van der Waals surface area contributed by atoms with Gasteiger partial charge in [0.15, 0.2) is 0 Å². The molecule has 0 aliphatic heterocycles. The summed E-state index contributed by atoms with van der Waals surface area (Å²) in [5.41, 5.74) is 7.05. The highest BCUT2D eigenvalue weighted by atomic mass is 16.1. The maximum Gasteiger partial charge on any atom is 0.249 e. The third kappa shape index (κ3) is 1.83. The number of nitrogen functional groups attached to an aromatic ring is 1. The average Bonchev–Trinajstić information content (AvgIpc) is 2.17. The number of aryl methyl sites for hydroxylation is 1. The first-order chi connectivity index (χ1) is 7.20. The molecule has 0 aliphatic rings. The minimum absolute atomic E-state index is 0.121. The van der Waals surface area contributed by atoms with Gasteiger partial charge in [-0.2, -0.15) is 0 Å². The van der Waals surface area contributed by atoms with Gasteiger partial charge in [0.05, 0.1) is 0 Å². The number of nitrogens with zero attached hydrogens (tertiary/aromatic N) is 1. The number of nitrogens with two attached hydrogens (primary N) is 1. The molecule has 0 spiro atoms. The molecule has 78 valence electrons. The van der Waals surface area contributed by atoms with Crippen molar-refractivity contribution in [3.8, 4) is 0 Å². The first-order valence-corrected chi connectivity index (χ1v) is 4.99. The first kappa shape index (κ1) is 9.71. The van der Waals surface area contributed by atoms with Crippen LogP contribution in [-0.2, 0) is 6.42 Å². The molecule has 0 amide bonds. The summed E-state index contributed by atoms with van der Waals surface area (Å²) < 4.78 is 0. The van der Waals surface area contributed by atoms with Gasteiger partial charge in [-0.05, 0) is 24.1 Å². The Hall–Kier alpha value is -1.84. The molecular formula is C11H13N3O. The zero-order chi connectivity index (χ0) is 10.8. The number of aromatic nitrogens is 2. The fourth-order valence-corrected chi connectivity index (χ4v) is 1.69. The van der Waals surface area contributed by atoms with E-state index >= 15 is 0 Å². The Morgan fingerprint density at radius 1 is 1.47 bits per heavy atom. The van der Waals surface area contributed by atoms with Gasteiger partial charge in [-0.3, -0.25) is 4.79 Å². The standard InChI is InChI=1S/C11H13N3O/c1-2-3-7-6-10(15)14-11-8(7)4-5-9(12)13-11/h4-6H,2-3H2,1H3,(H3,12,13,14,15). The van der Waals surface area contributed by atoms with Crippen LogP contribution in [0.2, 0.25) is 0 Å². The third-order valence-corrected chi connectivity index (χ3v) is 2.33. The summed E-state index contributed by atoms with van der Waals surface area (Å²) in [5.74, 6) is 0.423. The molecule has 0 radical (unpaired) electrons. The highest BCUT2D eigenvalue weighted by Crippen LogP contribution is 2.15. The van der Waals surface area contributed by atoms with E-state index in [0.717, 1.165) is 23.8 Å². The molecule has 0 atom stereocenters. The topological polar surface area (TPSA) is 71.8 Å². The molecule has 0 saturated heterocycles. The van der Waals surface area contributed by atoms with Gasteiger partial charge in [0, 0.05) is 11.5 Å². The molecule has 0 bridgehead atoms. The summed E-state index contributed by atoms with van der Waals surface area (Å²) in [7, 11) is 0. The van der Waals surface area contributed by atoms with E-state index in [4.69, 9.17) is 5.73 Å². The molecule has 0 saturated carbocycles. The number of anilines is 1. The minimum atomic E-state index is -0.121. The van der Waals surface area contributed by atoms with Crippen molar-refractivity contribution in [3.63, 3.8) is 0 Å². The lowest BCUT2D eigenvalue weighted by Crippen LogP contribution is -2.08. The Labute approximate surface area is 87.1 Å². The fourth-order valence-electron chi connectivity index (χ4n) is 1.69. The predicted octanol–water partition coefficient (Wildman–Crippen LogP) is 1.46. The average molecular weight is 203 g/mol. The molecule has 0 aliphatic carbocycles. The van der Waals surface area contributed by atoms with E-state index in [2.05, 4.69) is 16.9 Å². The number of fused-ring (bicyclic) bond motifs is 1. The van der Waals surface area contributed by atoms with Crippen LogP contribution in [0.15, 0.2) is 23.0 Å². The highest BCUT2D eigenvalue weighted by Gasteiger charge is 2.03. The Morgan fingerprint density at radius 3 is 3.00 bits per heavy atom. The molecule has 2 heterocycles. The summed E-state index contributed by atoms with van der Waals surface area (Å²) in [6, 6.07) is 5.28. The molecule has 4 nitrogen and oxygen atoms in total. The first-order valence-electron chi connectivity index (χ1n) is 4.99. The zero-order valence-corrected chi connectivity index (χ0v) is 8.58. The Kier molecular flexibility index (Phi) is 2.41. The van der Waals surface area contributed by atoms with Crippen molar-refractivity contribution in [2.75, 3.05) is 5.73 Å². The summed E-state index contributed by atoms with van der Waals surface area (Å²) in [5, 5.41) is 0.977. The lowest BCUT2D eigenvalue weighted by Gasteiger charge is -2.04. The van der Waals surface area contributed by atoms with Crippen molar-refractivity contribution in [1.29, 1.82) is 0 Å². The summed E-state index contributed by atoms with van der Waals surface area (Å²) >= 11 is 0. The number of hydrogen-bond donors (Lipinski definition) is 2. The van der Waals surface area contributed by atoms with Crippen molar-refractivity contribution in [3.05, 3.63) is 34.1 Å². The van der Waals surface area contributed by atoms with E-state index in [-0.39, 0.29) is 5.56 Å². The van der Waals surface area contributed by atoms with Crippen LogP contribution in [0.25, 0.3) is 11.0 Å². The summed E-state index contributed by atoms with van der Waals surface area (Å²) in [6.07, 6.45) is 1.88. The van der Waals surface area contributed by atoms with E-state index in [1.165, 1.54) is 0 Å². The number of aromatic amines is 1. The second-order valence-corrected chi connectivity index (χ2v) is 3.54. The van der Waals surface area contributed by atoms with Gasteiger partial charge in [-0.1, -0.05) is 13.3 Å². The highest BCUT2D eigenvalue weighted by molar-refractivity contribution is 5.79. The molecule has 2 aromatic rings. The summed E-state index contributed by atoms with van der Waals surface area (Å²) in [6.45, 7) is 2.08. The number of pyridine rings is 2. The molecular weight excluding hydrogens is 190 g/mol. The normalized spacial score (nSPS) is 10.7. The van der Waals surface area contributed by atoms with Crippen LogP contribution in [-0.4, -0.2) is 9.97 Å². The van der Waals surface area contributed by atoms with Crippen molar-refractivity contribution in [2.24, 2.45) is 0 Å². The van der Waals surface area contributed by atoms with Gasteiger partial charge in [0.2, 0.25) is 5.56 Å². The Balaban J connectivity index is 2.74. The minimum Gasteiger partial charge on any atom is -0.384 e. The molecule has 0 fully saturated rings. The number of H-pyrrole nitrogens is 1. The molecule has 0 aromatic carbocycles. The fraction of sp³-hybridized carbons (Fsp3) is 0.273. The predicted molar refractivity (Wildman–Crippen MR) is 60.8 cm³/mol. The van der Waals surface area contributed by atoms with Gasteiger partial charge in [-0.25, -0.2) is 4.98 Å². The van der Waals surface area contributed by atoms with E-state index in [1.54, 1.807) is 12.1 Å². The summed E-state index contributed by atoms with van der Waals surface area (Å²) in [4.78, 5) is 18.1. The van der Waals surface area contributed by atoms with Crippen LogP contribution in [0.4, 0.5) is 5.82 Å². The molecule has 2 aromatic heterocycles. The van der Waals surface area contributed by atoms with E-state index in [1.807, 2.05) is 6.07 Å². The van der Waals surface area contributed by atoms with Crippen LogP contribution in [0, 0.1) is 0 Å². The second-order valence-electron chi connectivity index (χ2n) is 3.54. The van der Waals surface area contributed by atoms with Crippen molar-refractivity contribution in [2.45, 2.75) is 19.8 Å². The maximum absolute atomic E-state index is 11.4. The SMILES string of the molecule is CCCc1cc(=O)[nH]c2nc(N)ccc12.